The van der Waals surface area contributed by atoms with Gasteiger partial charge in [-0.3, -0.25) is 9.79 Å². The zero-order valence-corrected chi connectivity index (χ0v) is 11.2. The third-order valence-electron chi connectivity index (χ3n) is 2.36. The Morgan fingerprint density at radius 1 is 1.37 bits per heavy atom. The molecule has 1 aromatic carbocycles. The second-order valence-corrected chi connectivity index (χ2v) is 4.41. The number of aliphatic imine (C=N–C) groups is 1. The number of nitrogens with two attached hydrogens (primary N) is 1. The predicted octanol–water partition coefficient (Wildman–Crippen LogP) is 3.17. The van der Waals surface area contributed by atoms with Crippen LogP contribution in [-0.4, -0.2) is 12.1 Å². The summed E-state index contributed by atoms with van der Waals surface area (Å²) >= 11 is 5.61. The highest BCUT2D eigenvalue weighted by Gasteiger charge is 2.23. The summed E-state index contributed by atoms with van der Waals surface area (Å²) in [5.41, 5.74) is 5.79. The summed E-state index contributed by atoms with van der Waals surface area (Å²) in [6.45, 7) is 2.35. The van der Waals surface area contributed by atoms with E-state index >= 15 is 0 Å². The molecular formula is C13H13ClF2N2O. The van der Waals surface area contributed by atoms with E-state index in [9.17, 15) is 13.6 Å². The highest BCUT2D eigenvalue weighted by molar-refractivity contribution is 6.42. The van der Waals surface area contributed by atoms with Crippen molar-refractivity contribution < 1.29 is 13.6 Å². The van der Waals surface area contributed by atoms with Crippen LogP contribution in [0, 0.1) is 0 Å². The first-order valence-electron chi connectivity index (χ1n) is 5.40. The van der Waals surface area contributed by atoms with E-state index in [0.29, 0.717) is 5.56 Å². The second kappa shape index (κ2) is 5.93. The number of amides is 1. The molecule has 102 valence electrons. The fourth-order valence-electron chi connectivity index (χ4n) is 1.27. The molecule has 0 spiro atoms. The summed E-state index contributed by atoms with van der Waals surface area (Å²) in [5.74, 6) is -3.64. The number of carbonyl (C=O) groups excluding carboxylic acids is 1. The summed E-state index contributed by atoms with van der Waals surface area (Å²) in [5, 5.41) is -0.159. The Labute approximate surface area is 114 Å². The predicted molar refractivity (Wildman–Crippen MR) is 71.4 cm³/mol. The van der Waals surface area contributed by atoms with Crippen molar-refractivity contribution in [1.82, 2.24) is 0 Å². The molecule has 1 rings (SSSR count). The summed E-state index contributed by atoms with van der Waals surface area (Å²) < 4.78 is 26.0. The molecule has 1 aromatic rings. The molecule has 1 amide bonds. The van der Waals surface area contributed by atoms with Crippen LogP contribution in [0.4, 0.5) is 8.78 Å². The first-order chi connectivity index (χ1) is 8.71. The molecule has 0 bridgehead atoms. The molecular weight excluding hydrogens is 274 g/mol. The van der Waals surface area contributed by atoms with Gasteiger partial charge in [-0.2, -0.15) is 0 Å². The maximum absolute atomic E-state index is 13.0. The molecule has 0 radical (unpaired) electrons. The van der Waals surface area contributed by atoms with Crippen LogP contribution in [-0.2, 0) is 10.7 Å². The standard InChI is InChI=1S/C13H13ClF2N2O/c1-8(11(14)12(17)19)18-7-9-3-5-10(6-4-9)13(2,15)16/h3-7H,1-2H3,(H2,17,19)/b11-8+,18-7?. The van der Waals surface area contributed by atoms with Crippen LogP contribution in [0.1, 0.15) is 25.0 Å². The van der Waals surface area contributed by atoms with E-state index in [-0.39, 0.29) is 16.3 Å². The molecule has 0 saturated heterocycles. The molecule has 0 aliphatic heterocycles. The van der Waals surface area contributed by atoms with Gasteiger partial charge in [0.15, 0.2) is 0 Å². The van der Waals surface area contributed by atoms with E-state index in [4.69, 9.17) is 17.3 Å². The van der Waals surface area contributed by atoms with Crippen molar-refractivity contribution >= 4 is 23.7 Å². The van der Waals surface area contributed by atoms with Crippen molar-refractivity contribution in [3.05, 3.63) is 46.1 Å². The Morgan fingerprint density at radius 3 is 2.32 bits per heavy atom. The number of carbonyl (C=O) groups is 1. The van der Waals surface area contributed by atoms with E-state index in [0.717, 1.165) is 6.92 Å². The fraction of sp³-hybridized carbons (Fsp3) is 0.231. The minimum atomic E-state index is -2.87. The summed E-state index contributed by atoms with van der Waals surface area (Å²) in [7, 11) is 0. The van der Waals surface area contributed by atoms with Crippen LogP contribution < -0.4 is 5.73 Å². The van der Waals surface area contributed by atoms with Gasteiger partial charge in [-0.05, 0) is 12.5 Å². The Bertz CT molecular complexity index is 531. The van der Waals surface area contributed by atoms with Crippen LogP contribution in [0.2, 0.25) is 0 Å². The van der Waals surface area contributed by atoms with Gasteiger partial charge in [0.2, 0.25) is 0 Å². The summed E-state index contributed by atoms with van der Waals surface area (Å²) in [4.78, 5) is 14.7. The number of nitrogens with zero attached hydrogens (tertiary/aromatic N) is 1. The molecule has 0 saturated carbocycles. The van der Waals surface area contributed by atoms with Gasteiger partial charge in [0.25, 0.3) is 11.8 Å². The second-order valence-electron chi connectivity index (χ2n) is 4.03. The van der Waals surface area contributed by atoms with Crippen molar-refractivity contribution in [2.24, 2.45) is 10.7 Å². The van der Waals surface area contributed by atoms with E-state index in [1.165, 1.54) is 37.4 Å². The molecule has 0 atom stereocenters. The quantitative estimate of drug-likeness (QED) is 0.671. The van der Waals surface area contributed by atoms with Crippen molar-refractivity contribution in [3.63, 3.8) is 0 Å². The number of primary amides is 1. The molecule has 0 fully saturated rings. The van der Waals surface area contributed by atoms with Crippen LogP contribution in [0.3, 0.4) is 0 Å². The monoisotopic (exact) mass is 286 g/mol. The lowest BCUT2D eigenvalue weighted by Crippen LogP contribution is -2.11. The third kappa shape index (κ3) is 4.44. The average molecular weight is 287 g/mol. The van der Waals surface area contributed by atoms with Gasteiger partial charge in [0.05, 0.1) is 5.70 Å². The largest absolute Gasteiger partial charge is 0.365 e. The SMILES string of the molecule is C/C(N=Cc1ccc(C(C)(F)F)cc1)=C(\Cl)C(N)=O. The van der Waals surface area contributed by atoms with Crippen LogP contribution in [0.15, 0.2) is 40.0 Å². The first kappa shape index (κ1) is 15.3. The molecule has 19 heavy (non-hydrogen) atoms. The summed E-state index contributed by atoms with van der Waals surface area (Å²) in [6, 6.07) is 5.63. The highest BCUT2D eigenvalue weighted by Crippen LogP contribution is 2.26. The molecule has 2 N–H and O–H groups in total. The topological polar surface area (TPSA) is 55.4 Å². The van der Waals surface area contributed by atoms with Gasteiger partial charge in [0.1, 0.15) is 5.03 Å². The molecule has 0 aliphatic carbocycles. The zero-order chi connectivity index (χ0) is 14.6. The van der Waals surface area contributed by atoms with E-state index in [1.54, 1.807) is 0 Å². The molecule has 0 aliphatic rings. The van der Waals surface area contributed by atoms with Gasteiger partial charge < -0.3 is 5.73 Å². The smallest absolute Gasteiger partial charge is 0.270 e. The molecule has 0 unspecified atom stereocenters. The fourth-order valence-corrected chi connectivity index (χ4v) is 1.32. The first-order valence-corrected chi connectivity index (χ1v) is 5.78. The van der Waals surface area contributed by atoms with Gasteiger partial charge in [-0.25, -0.2) is 8.78 Å². The Morgan fingerprint density at radius 2 is 1.89 bits per heavy atom. The van der Waals surface area contributed by atoms with Gasteiger partial charge >= 0.3 is 0 Å². The van der Waals surface area contributed by atoms with Crippen molar-refractivity contribution in [2.45, 2.75) is 19.8 Å². The van der Waals surface area contributed by atoms with E-state index in [1.807, 2.05) is 0 Å². The molecule has 3 nitrogen and oxygen atoms in total. The van der Waals surface area contributed by atoms with Crippen LogP contribution in [0.5, 0.6) is 0 Å². The van der Waals surface area contributed by atoms with Crippen molar-refractivity contribution in [2.75, 3.05) is 0 Å². The van der Waals surface area contributed by atoms with Crippen molar-refractivity contribution in [1.29, 1.82) is 0 Å². The van der Waals surface area contributed by atoms with Crippen molar-refractivity contribution in [3.8, 4) is 0 Å². The van der Waals surface area contributed by atoms with Gasteiger partial charge in [0, 0.05) is 18.7 Å². The maximum atomic E-state index is 13.0. The molecule has 0 aromatic heterocycles. The highest BCUT2D eigenvalue weighted by atomic mass is 35.5. The van der Waals surface area contributed by atoms with Gasteiger partial charge in [-0.15, -0.1) is 0 Å². The Balaban J connectivity index is 2.90. The summed E-state index contributed by atoms with van der Waals surface area (Å²) in [6.07, 6.45) is 1.41. The minimum Gasteiger partial charge on any atom is -0.365 e. The van der Waals surface area contributed by atoms with Crippen LogP contribution >= 0.6 is 11.6 Å². The number of allylic oxidation sites excluding steroid dienone is 1. The number of rotatable bonds is 4. The Hall–Kier alpha value is -1.75. The number of halogens is 3. The third-order valence-corrected chi connectivity index (χ3v) is 2.82. The number of benzene rings is 1. The Kier molecular flexibility index (Phi) is 4.78. The van der Waals surface area contributed by atoms with Gasteiger partial charge in [-0.1, -0.05) is 35.9 Å². The normalized spacial score (nSPS) is 13.5. The molecule has 0 heterocycles. The lowest BCUT2D eigenvalue weighted by Gasteiger charge is -2.09. The number of hydrogen-bond donors (Lipinski definition) is 1. The average Bonchev–Trinajstić information content (AvgIpc) is 2.34. The zero-order valence-electron chi connectivity index (χ0n) is 10.5. The van der Waals surface area contributed by atoms with Crippen LogP contribution in [0.25, 0.3) is 0 Å². The molecule has 6 heteroatoms. The number of alkyl halides is 2. The lowest BCUT2D eigenvalue weighted by atomic mass is 10.1. The minimum absolute atomic E-state index is 0.0768. The van der Waals surface area contributed by atoms with E-state index in [2.05, 4.69) is 4.99 Å². The van der Waals surface area contributed by atoms with E-state index < -0.39 is 11.8 Å². The maximum Gasteiger partial charge on any atom is 0.270 e. The lowest BCUT2D eigenvalue weighted by molar-refractivity contribution is -0.114. The number of hydrogen-bond acceptors (Lipinski definition) is 2.